The van der Waals surface area contributed by atoms with Gasteiger partial charge in [-0.15, -0.1) is 0 Å². The minimum absolute atomic E-state index is 0.197. The van der Waals surface area contributed by atoms with Crippen molar-refractivity contribution in [2.24, 2.45) is 4.99 Å². The van der Waals surface area contributed by atoms with Crippen molar-refractivity contribution in [3.05, 3.63) is 59.5 Å². The van der Waals surface area contributed by atoms with Gasteiger partial charge < -0.3 is 24.9 Å². The molecule has 1 aromatic heterocycles. The molecule has 3 rings (SSSR count). The van der Waals surface area contributed by atoms with Crippen molar-refractivity contribution in [3.8, 4) is 0 Å². The predicted octanol–water partition coefficient (Wildman–Crippen LogP) is 2.42. The summed E-state index contributed by atoms with van der Waals surface area (Å²) in [6, 6.07) is 12.4. The van der Waals surface area contributed by atoms with E-state index in [9.17, 15) is 5.11 Å². The highest BCUT2D eigenvalue weighted by Crippen LogP contribution is 2.23. The quantitative estimate of drug-likeness (QED) is 0.455. The molecule has 0 amide bonds. The monoisotopic (exact) mass is 414 g/mol. The number of rotatable bonds is 8. The molecule has 2 atom stereocenters. The standard InChI is InChI=1S/C23H34N4O3/c1-4-24-22(26-17-23(3,28)21-9-6-12-30-21)25-16-20(27-10-13-29-14-11-27)19-8-5-7-18(2)15-19/h5-9,12,15,20,28H,4,10-11,13-14,16-17H2,1-3H3,(H2,24,25,26). The summed E-state index contributed by atoms with van der Waals surface area (Å²) in [5, 5.41) is 17.4. The Morgan fingerprint density at radius 3 is 2.70 bits per heavy atom. The molecular weight excluding hydrogens is 380 g/mol. The molecule has 0 spiro atoms. The third kappa shape index (κ3) is 6.08. The average Bonchev–Trinajstić information content (AvgIpc) is 3.29. The Hall–Kier alpha value is -2.35. The van der Waals surface area contributed by atoms with Crippen molar-refractivity contribution >= 4 is 5.96 Å². The molecule has 2 aromatic rings. The van der Waals surface area contributed by atoms with E-state index in [0.29, 0.717) is 18.3 Å². The van der Waals surface area contributed by atoms with Crippen molar-refractivity contribution in [1.29, 1.82) is 0 Å². The molecule has 0 saturated carbocycles. The predicted molar refractivity (Wildman–Crippen MR) is 119 cm³/mol. The molecule has 2 unspecified atom stereocenters. The van der Waals surface area contributed by atoms with Gasteiger partial charge in [0.1, 0.15) is 11.4 Å². The Balaban J connectivity index is 1.72. The molecular formula is C23H34N4O3. The van der Waals surface area contributed by atoms with Crippen molar-refractivity contribution < 1.29 is 14.3 Å². The Morgan fingerprint density at radius 1 is 1.23 bits per heavy atom. The minimum atomic E-state index is -1.16. The molecule has 2 heterocycles. The van der Waals surface area contributed by atoms with Crippen LogP contribution in [0.4, 0.5) is 0 Å². The number of benzene rings is 1. The first-order valence-corrected chi connectivity index (χ1v) is 10.7. The van der Waals surface area contributed by atoms with Crippen LogP contribution in [-0.4, -0.2) is 61.9 Å². The zero-order chi connectivity index (χ0) is 21.4. The number of ether oxygens (including phenoxy) is 1. The first-order chi connectivity index (χ1) is 14.5. The highest BCUT2D eigenvalue weighted by Gasteiger charge is 2.27. The lowest BCUT2D eigenvalue weighted by molar-refractivity contribution is 0.0169. The van der Waals surface area contributed by atoms with Crippen molar-refractivity contribution in [2.75, 3.05) is 45.9 Å². The Morgan fingerprint density at radius 2 is 2.03 bits per heavy atom. The SMILES string of the molecule is CCNC(=NCC(C)(O)c1ccco1)NCC(c1cccc(C)c1)N1CCOCC1. The lowest BCUT2D eigenvalue weighted by atomic mass is 10.0. The van der Waals surface area contributed by atoms with Gasteiger partial charge >= 0.3 is 0 Å². The number of aryl methyl sites for hydroxylation is 1. The van der Waals surface area contributed by atoms with Crippen LogP contribution in [0.1, 0.15) is 36.8 Å². The summed E-state index contributed by atoms with van der Waals surface area (Å²) < 4.78 is 10.9. The second kappa shape index (κ2) is 10.6. The maximum absolute atomic E-state index is 10.7. The summed E-state index contributed by atoms with van der Waals surface area (Å²) in [5.74, 6) is 1.18. The zero-order valence-electron chi connectivity index (χ0n) is 18.2. The number of furan rings is 1. The topological polar surface area (TPSA) is 82.3 Å². The molecule has 1 aliphatic heterocycles. The van der Waals surface area contributed by atoms with Gasteiger partial charge in [-0.3, -0.25) is 4.90 Å². The van der Waals surface area contributed by atoms with E-state index in [1.807, 2.05) is 6.92 Å². The molecule has 1 saturated heterocycles. The number of hydrogen-bond acceptors (Lipinski definition) is 5. The maximum Gasteiger partial charge on any atom is 0.191 e. The van der Waals surface area contributed by atoms with Crippen molar-refractivity contribution in [2.45, 2.75) is 32.4 Å². The largest absolute Gasteiger partial charge is 0.466 e. The maximum atomic E-state index is 10.7. The Labute approximate surface area is 179 Å². The van der Waals surface area contributed by atoms with Crippen LogP contribution in [0.15, 0.2) is 52.1 Å². The second-order valence-corrected chi connectivity index (χ2v) is 7.91. The van der Waals surface area contributed by atoms with Gasteiger partial charge in [-0.2, -0.15) is 0 Å². The van der Waals surface area contributed by atoms with Gasteiger partial charge in [-0.25, -0.2) is 4.99 Å². The van der Waals surface area contributed by atoms with Crippen LogP contribution in [0.2, 0.25) is 0 Å². The van der Waals surface area contributed by atoms with Crippen LogP contribution in [0.25, 0.3) is 0 Å². The molecule has 1 fully saturated rings. The van der Waals surface area contributed by atoms with Crippen molar-refractivity contribution in [1.82, 2.24) is 15.5 Å². The fourth-order valence-electron chi connectivity index (χ4n) is 3.66. The second-order valence-electron chi connectivity index (χ2n) is 7.91. The van der Waals surface area contributed by atoms with E-state index >= 15 is 0 Å². The molecule has 7 nitrogen and oxygen atoms in total. The van der Waals surface area contributed by atoms with Gasteiger partial charge in [0.05, 0.1) is 32.1 Å². The van der Waals surface area contributed by atoms with E-state index < -0.39 is 5.60 Å². The van der Waals surface area contributed by atoms with E-state index in [2.05, 4.69) is 51.7 Å². The lowest BCUT2D eigenvalue weighted by Gasteiger charge is -2.35. The number of nitrogens with one attached hydrogen (secondary N) is 2. The van der Waals surface area contributed by atoms with Crippen LogP contribution in [0.3, 0.4) is 0 Å². The Kier molecular flexibility index (Phi) is 7.90. The van der Waals surface area contributed by atoms with Gasteiger partial charge in [0.2, 0.25) is 0 Å². The van der Waals surface area contributed by atoms with Crippen LogP contribution in [-0.2, 0) is 10.3 Å². The summed E-state index contributed by atoms with van der Waals surface area (Å²) in [6.07, 6.45) is 1.56. The summed E-state index contributed by atoms with van der Waals surface area (Å²) >= 11 is 0. The first kappa shape index (κ1) is 22.3. The van der Waals surface area contributed by atoms with E-state index in [-0.39, 0.29) is 12.6 Å². The molecule has 3 N–H and O–H groups in total. The molecule has 1 aliphatic rings. The third-order valence-electron chi connectivity index (χ3n) is 5.32. The average molecular weight is 415 g/mol. The smallest absolute Gasteiger partial charge is 0.191 e. The molecule has 30 heavy (non-hydrogen) atoms. The highest BCUT2D eigenvalue weighted by molar-refractivity contribution is 5.79. The number of aliphatic hydroxyl groups is 1. The van der Waals surface area contributed by atoms with E-state index in [1.54, 1.807) is 25.3 Å². The molecule has 7 heteroatoms. The normalized spacial score (nSPS) is 18.6. The van der Waals surface area contributed by atoms with E-state index in [0.717, 1.165) is 32.8 Å². The molecule has 0 radical (unpaired) electrons. The van der Waals surface area contributed by atoms with Gasteiger partial charge in [0.25, 0.3) is 0 Å². The van der Waals surface area contributed by atoms with E-state index in [4.69, 9.17) is 9.15 Å². The lowest BCUT2D eigenvalue weighted by Crippen LogP contribution is -2.46. The number of hydrogen-bond donors (Lipinski definition) is 3. The third-order valence-corrected chi connectivity index (χ3v) is 5.32. The molecule has 0 bridgehead atoms. The minimum Gasteiger partial charge on any atom is -0.466 e. The van der Waals surface area contributed by atoms with Crippen LogP contribution < -0.4 is 10.6 Å². The van der Waals surface area contributed by atoms with Crippen LogP contribution >= 0.6 is 0 Å². The van der Waals surface area contributed by atoms with Gasteiger partial charge in [-0.05, 0) is 38.5 Å². The van der Waals surface area contributed by atoms with Gasteiger partial charge in [-0.1, -0.05) is 29.8 Å². The fourth-order valence-corrected chi connectivity index (χ4v) is 3.66. The first-order valence-electron chi connectivity index (χ1n) is 10.7. The van der Waals surface area contributed by atoms with Crippen LogP contribution in [0, 0.1) is 6.92 Å². The van der Waals surface area contributed by atoms with Gasteiger partial charge in [0, 0.05) is 26.2 Å². The number of morpholine rings is 1. The summed E-state index contributed by atoms with van der Waals surface area (Å²) in [7, 11) is 0. The summed E-state index contributed by atoms with van der Waals surface area (Å²) in [6.45, 7) is 10.8. The zero-order valence-corrected chi connectivity index (χ0v) is 18.2. The fraction of sp³-hybridized carbons (Fsp3) is 0.522. The molecule has 1 aromatic carbocycles. The molecule has 0 aliphatic carbocycles. The van der Waals surface area contributed by atoms with Crippen LogP contribution in [0.5, 0.6) is 0 Å². The summed E-state index contributed by atoms with van der Waals surface area (Å²) in [4.78, 5) is 7.06. The number of guanidine groups is 1. The van der Waals surface area contributed by atoms with E-state index in [1.165, 1.54) is 11.1 Å². The molecule has 164 valence electrons. The van der Waals surface area contributed by atoms with Gasteiger partial charge in [0.15, 0.2) is 5.96 Å². The Bertz CT molecular complexity index is 799. The number of nitrogens with zero attached hydrogens (tertiary/aromatic N) is 2. The number of aliphatic imine (C=N–C) groups is 1. The van der Waals surface area contributed by atoms with Crippen molar-refractivity contribution in [3.63, 3.8) is 0 Å². The highest BCUT2D eigenvalue weighted by atomic mass is 16.5. The summed E-state index contributed by atoms with van der Waals surface area (Å²) in [5.41, 5.74) is 1.37.